The van der Waals surface area contributed by atoms with Crippen molar-refractivity contribution in [2.75, 3.05) is 0 Å². The molecule has 0 saturated heterocycles. The van der Waals surface area contributed by atoms with Crippen LogP contribution in [-0.2, 0) is 0 Å². The van der Waals surface area contributed by atoms with E-state index in [-0.39, 0.29) is 33.4 Å². The van der Waals surface area contributed by atoms with Gasteiger partial charge in [0.05, 0.1) is 68.8 Å². The second-order valence-corrected chi connectivity index (χ2v) is 9.50. The average molecular weight is 602 g/mol. The van der Waals surface area contributed by atoms with Crippen LogP contribution in [0.2, 0.25) is 0 Å². The Labute approximate surface area is 256 Å². The molecule has 0 radical (unpaired) electrons. The molecule has 0 spiro atoms. The molecular formula is C34H6F4N8. The maximum atomic E-state index is 16.6. The number of nitriles is 8. The van der Waals surface area contributed by atoms with Crippen molar-refractivity contribution in [3.05, 3.63) is 115 Å². The van der Waals surface area contributed by atoms with Gasteiger partial charge < -0.3 is 0 Å². The molecule has 2 aliphatic rings. The molecule has 3 aromatic carbocycles. The fraction of sp³-hybridized carbons (Fsp3) is 0. The molecule has 0 heterocycles. The summed E-state index contributed by atoms with van der Waals surface area (Å²) in [6.45, 7) is 0. The second kappa shape index (κ2) is 11.2. The molecule has 2 aliphatic carbocycles. The summed E-state index contributed by atoms with van der Waals surface area (Å²) in [4.78, 5) is 0. The average Bonchev–Trinajstić information content (AvgIpc) is 3.54. The van der Waals surface area contributed by atoms with E-state index in [1.165, 1.54) is 12.1 Å². The third-order valence-corrected chi connectivity index (χ3v) is 7.16. The van der Waals surface area contributed by atoms with Crippen LogP contribution in [-0.4, -0.2) is 0 Å². The molecule has 0 aromatic heterocycles. The van der Waals surface area contributed by atoms with E-state index in [4.69, 9.17) is 0 Å². The predicted molar refractivity (Wildman–Crippen MR) is 150 cm³/mol. The third kappa shape index (κ3) is 4.15. The highest BCUT2D eigenvalue weighted by Gasteiger charge is 2.44. The number of halogens is 4. The summed E-state index contributed by atoms with van der Waals surface area (Å²) in [5.74, 6) is -6.31. The molecule has 12 heteroatoms. The van der Waals surface area contributed by atoms with E-state index in [0.29, 0.717) is 0 Å². The van der Waals surface area contributed by atoms with E-state index in [2.05, 4.69) is 0 Å². The van der Waals surface area contributed by atoms with Crippen LogP contribution in [0.3, 0.4) is 0 Å². The molecule has 0 saturated carbocycles. The first kappa shape index (κ1) is 29.7. The van der Waals surface area contributed by atoms with E-state index in [0.717, 1.165) is 36.4 Å². The van der Waals surface area contributed by atoms with Crippen LogP contribution in [0.1, 0.15) is 55.6 Å². The molecule has 8 nitrogen and oxygen atoms in total. The van der Waals surface area contributed by atoms with Crippen molar-refractivity contribution in [2.45, 2.75) is 0 Å². The largest absolute Gasteiger partial charge is 0.206 e. The summed E-state index contributed by atoms with van der Waals surface area (Å²) in [6, 6.07) is 19.8. The van der Waals surface area contributed by atoms with Crippen molar-refractivity contribution >= 4 is 33.4 Å². The molecule has 3 aromatic rings. The van der Waals surface area contributed by atoms with E-state index in [9.17, 15) is 42.1 Å². The minimum absolute atomic E-state index is 0.137. The molecule has 0 fully saturated rings. The molecule has 0 atom stereocenters. The Morgan fingerprint density at radius 2 is 0.717 bits per heavy atom. The Balaban J connectivity index is 1.97. The monoisotopic (exact) mass is 602 g/mol. The Morgan fingerprint density at radius 3 is 0.957 bits per heavy atom. The zero-order valence-corrected chi connectivity index (χ0v) is 22.6. The highest BCUT2D eigenvalue weighted by Crippen LogP contribution is 2.55. The van der Waals surface area contributed by atoms with Crippen LogP contribution in [0.25, 0.3) is 33.4 Å². The normalized spacial score (nSPS) is 14.7. The summed E-state index contributed by atoms with van der Waals surface area (Å²) in [6.07, 6.45) is 0. The van der Waals surface area contributed by atoms with E-state index >= 15 is 17.6 Å². The van der Waals surface area contributed by atoms with Gasteiger partial charge in [0.2, 0.25) is 0 Å². The Hall–Kier alpha value is -7.74. The number of nitrogens with zero attached hydrogens (tertiary/aromatic N) is 8. The smallest absolute Gasteiger partial charge is 0.150 e. The van der Waals surface area contributed by atoms with Crippen molar-refractivity contribution < 1.29 is 17.6 Å². The fourth-order valence-corrected chi connectivity index (χ4v) is 5.33. The van der Waals surface area contributed by atoms with Gasteiger partial charge in [0, 0.05) is 33.4 Å². The van der Waals surface area contributed by atoms with Gasteiger partial charge in [-0.2, -0.15) is 42.1 Å². The van der Waals surface area contributed by atoms with Gasteiger partial charge in [-0.3, -0.25) is 0 Å². The van der Waals surface area contributed by atoms with Gasteiger partial charge in [-0.05, 0) is 47.5 Å². The quantitative estimate of drug-likeness (QED) is 0.227. The van der Waals surface area contributed by atoms with Gasteiger partial charge in [0.25, 0.3) is 0 Å². The predicted octanol–water partition coefficient (Wildman–Crippen LogP) is 6.76. The summed E-state index contributed by atoms with van der Waals surface area (Å²) < 4.78 is 65.2. The van der Waals surface area contributed by atoms with Gasteiger partial charge >= 0.3 is 0 Å². The van der Waals surface area contributed by atoms with Gasteiger partial charge in [0.15, 0.2) is 11.7 Å². The Bertz CT molecular complexity index is 2250. The van der Waals surface area contributed by atoms with Crippen molar-refractivity contribution in [1.29, 1.82) is 42.1 Å². The number of benzene rings is 3. The molecule has 0 N–H and O–H groups in total. The molecular weight excluding hydrogens is 596 g/mol. The summed E-state index contributed by atoms with van der Waals surface area (Å²) in [5.41, 5.74) is -10.6. The topological polar surface area (TPSA) is 190 Å². The van der Waals surface area contributed by atoms with E-state index in [1.807, 2.05) is 0 Å². The van der Waals surface area contributed by atoms with E-state index < -0.39 is 79.0 Å². The van der Waals surface area contributed by atoms with Gasteiger partial charge in [-0.25, -0.2) is 17.6 Å². The highest BCUT2D eigenvalue weighted by atomic mass is 19.1. The minimum atomic E-state index is -1.60. The first-order valence-electron chi connectivity index (χ1n) is 12.5. The number of fused-ring (bicyclic) bond motifs is 2. The molecule has 0 bridgehead atoms. The maximum absolute atomic E-state index is 16.6. The van der Waals surface area contributed by atoms with Gasteiger partial charge in [0.1, 0.15) is 35.9 Å². The van der Waals surface area contributed by atoms with Crippen LogP contribution in [0.4, 0.5) is 17.6 Å². The lowest BCUT2D eigenvalue weighted by atomic mass is 9.88. The second-order valence-electron chi connectivity index (χ2n) is 9.50. The van der Waals surface area contributed by atoms with Crippen LogP contribution >= 0.6 is 0 Å². The van der Waals surface area contributed by atoms with Crippen molar-refractivity contribution in [3.8, 4) is 48.6 Å². The van der Waals surface area contributed by atoms with E-state index in [1.54, 1.807) is 36.4 Å². The van der Waals surface area contributed by atoms with Crippen LogP contribution in [0.5, 0.6) is 0 Å². The Morgan fingerprint density at radius 1 is 0.413 bits per heavy atom. The lowest BCUT2D eigenvalue weighted by Gasteiger charge is -2.15. The van der Waals surface area contributed by atoms with Crippen LogP contribution in [0, 0.1) is 102 Å². The number of hydrogen-bond acceptors (Lipinski definition) is 8. The van der Waals surface area contributed by atoms with Crippen molar-refractivity contribution in [3.63, 3.8) is 0 Å². The lowest BCUT2D eigenvalue weighted by molar-refractivity contribution is 0.590. The van der Waals surface area contributed by atoms with Crippen LogP contribution in [0.15, 0.2) is 48.1 Å². The molecule has 0 unspecified atom stereocenters. The molecule has 0 aliphatic heterocycles. The van der Waals surface area contributed by atoms with Gasteiger partial charge in [-0.1, -0.05) is 0 Å². The first-order valence-corrected chi connectivity index (χ1v) is 12.5. The molecule has 46 heavy (non-hydrogen) atoms. The fourth-order valence-electron chi connectivity index (χ4n) is 5.33. The Kier molecular flexibility index (Phi) is 7.21. The highest BCUT2D eigenvalue weighted by molar-refractivity contribution is 6.18. The molecule has 0 amide bonds. The number of rotatable bonds is 2. The van der Waals surface area contributed by atoms with Crippen molar-refractivity contribution in [2.24, 2.45) is 0 Å². The summed E-state index contributed by atoms with van der Waals surface area (Å²) >= 11 is 0. The SMILES string of the molecule is N#CC1=C(F)/C(=C(/C#N)c2cc(C#N)cc(C#N)c2)c2c(F)c3c(c(F)c21)/C(=C(\C#N)c1cc(C#N)cc(C#N)c1)C(F)=C3C#N. The number of allylic oxidation sites excluding steroid dienone is 8. The standard InChI is InChI=1S/C34H6F4N8/c35-31-23(13-45)27-29(25(31)21(11-43)19-3-15(7-39)1-16(4-19)8-40)33(37)28-24(14-46)32(36)26(30(28)34(27)38)22(12-44)20-5-17(9-41)2-18(6-20)10-42/h1-6H/b25-21-,26-22-. The minimum Gasteiger partial charge on any atom is -0.206 e. The summed E-state index contributed by atoms with van der Waals surface area (Å²) in [5, 5.41) is 77.2. The third-order valence-electron chi connectivity index (χ3n) is 7.16. The zero-order valence-electron chi connectivity index (χ0n) is 22.6. The zero-order chi connectivity index (χ0) is 33.4. The molecule has 210 valence electrons. The van der Waals surface area contributed by atoms with Gasteiger partial charge in [-0.15, -0.1) is 0 Å². The molecule has 5 rings (SSSR count). The maximum Gasteiger partial charge on any atom is 0.150 e. The first-order chi connectivity index (χ1) is 22.1. The van der Waals surface area contributed by atoms with Crippen molar-refractivity contribution in [1.82, 2.24) is 0 Å². The van der Waals surface area contributed by atoms with Crippen LogP contribution < -0.4 is 0 Å². The summed E-state index contributed by atoms with van der Waals surface area (Å²) in [7, 11) is 0. The number of hydrogen-bond donors (Lipinski definition) is 0. The lowest BCUT2D eigenvalue weighted by Crippen LogP contribution is -2.05.